The Labute approximate surface area is 131 Å². The molecule has 0 bridgehead atoms. The standard InChI is InChI=1S/C17H18N2O2S/c1-14-9-11-16(12-10-14)22(20,21)18-17-8-5-13-19(17)15-6-3-2-4-7-15/h2-4,6-7,9-12H,5,8,13H2,1H3/b18-17-. The fourth-order valence-electron chi connectivity index (χ4n) is 2.54. The van der Waals surface area contributed by atoms with Gasteiger partial charge < -0.3 is 4.90 Å². The van der Waals surface area contributed by atoms with Crippen LogP contribution in [-0.2, 0) is 10.0 Å². The molecule has 0 radical (unpaired) electrons. The van der Waals surface area contributed by atoms with Gasteiger partial charge in [0.05, 0.1) is 4.90 Å². The van der Waals surface area contributed by atoms with Gasteiger partial charge in [-0.15, -0.1) is 4.40 Å². The molecule has 3 rings (SSSR count). The van der Waals surface area contributed by atoms with Crippen LogP contribution in [0.25, 0.3) is 0 Å². The Bertz CT molecular complexity index is 781. The van der Waals surface area contributed by atoms with Crippen molar-refractivity contribution in [3.8, 4) is 0 Å². The maximum absolute atomic E-state index is 12.5. The van der Waals surface area contributed by atoms with Crippen LogP contribution in [0.4, 0.5) is 5.69 Å². The molecule has 114 valence electrons. The molecule has 0 amide bonds. The van der Waals surface area contributed by atoms with Gasteiger partial charge in [0.1, 0.15) is 5.84 Å². The summed E-state index contributed by atoms with van der Waals surface area (Å²) in [6, 6.07) is 16.6. The molecule has 0 N–H and O–H groups in total. The van der Waals surface area contributed by atoms with E-state index in [-0.39, 0.29) is 4.90 Å². The number of hydrogen-bond acceptors (Lipinski definition) is 2. The zero-order valence-electron chi connectivity index (χ0n) is 12.4. The van der Waals surface area contributed by atoms with E-state index in [1.165, 1.54) is 0 Å². The number of benzene rings is 2. The number of hydrogen-bond donors (Lipinski definition) is 0. The van der Waals surface area contributed by atoms with E-state index in [2.05, 4.69) is 4.40 Å². The number of aryl methyl sites for hydroxylation is 1. The molecule has 0 spiro atoms. The first-order chi connectivity index (χ1) is 10.6. The summed E-state index contributed by atoms with van der Waals surface area (Å²) >= 11 is 0. The van der Waals surface area contributed by atoms with Crippen LogP contribution in [0, 0.1) is 6.92 Å². The summed E-state index contributed by atoms with van der Waals surface area (Å²) in [6.07, 6.45) is 1.59. The molecule has 4 nitrogen and oxygen atoms in total. The second kappa shape index (κ2) is 5.93. The normalized spacial score (nSPS) is 17.1. The largest absolute Gasteiger partial charge is 0.329 e. The second-order valence-corrected chi connectivity index (χ2v) is 6.99. The molecule has 0 aliphatic carbocycles. The van der Waals surface area contributed by atoms with Gasteiger partial charge in [-0.1, -0.05) is 35.9 Å². The van der Waals surface area contributed by atoms with Gasteiger partial charge >= 0.3 is 0 Å². The van der Waals surface area contributed by atoms with Crippen LogP contribution >= 0.6 is 0 Å². The van der Waals surface area contributed by atoms with Gasteiger partial charge in [0.25, 0.3) is 10.0 Å². The van der Waals surface area contributed by atoms with Crippen molar-refractivity contribution in [1.29, 1.82) is 0 Å². The predicted octanol–water partition coefficient (Wildman–Crippen LogP) is 3.38. The number of sulfonamides is 1. The van der Waals surface area contributed by atoms with Gasteiger partial charge in [0, 0.05) is 18.7 Å². The van der Waals surface area contributed by atoms with Crippen LogP contribution in [0.15, 0.2) is 63.9 Å². The summed E-state index contributed by atoms with van der Waals surface area (Å²) < 4.78 is 29.0. The van der Waals surface area contributed by atoms with Crippen LogP contribution in [0.2, 0.25) is 0 Å². The number of rotatable bonds is 3. The molecule has 1 aliphatic heterocycles. The highest BCUT2D eigenvalue weighted by Gasteiger charge is 2.23. The minimum absolute atomic E-state index is 0.241. The Balaban J connectivity index is 1.94. The van der Waals surface area contributed by atoms with E-state index < -0.39 is 10.0 Å². The molecule has 0 atom stereocenters. The quantitative estimate of drug-likeness (QED) is 0.872. The molecular formula is C17H18N2O2S. The lowest BCUT2D eigenvalue weighted by Crippen LogP contribution is -2.25. The average Bonchev–Trinajstić information content (AvgIpc) is 2.96. The summed E-state index contributed by atoms with van der Waals surface area (Å²) in [7, 11) is -3.66. The predicted molar refractivity (Wildman–Crippen MR) is 88.8 cm³/mol. The van der Waals surface area contributed by atoms with E-state index in [1.54, 1.807) is 24.3 Å². The Hall–Kier alpha value is -2.14. The van der Waals surface area contributed by atoms with Crippen molar-refractivity contribution in [3.63, 3.8) is 0 Å². The SMILES string of the molecule is Cc1ccc(S(=O)(=O)/N=C2/CCCN2c2ccccc2)cc1. The first-order valence-corrected chi connectivity index (χ1v) is 8.73. The van der Waals surface area contributed by atoms with Gasteiger partial charge in [-0.05, 0) is 37.6 Å². The molecular weight excluding hydrogens is 296 g/mol. The third-order valence-corrected chi connectivity index (χ3v) is 5.02. The summed E-state index contributed by atoms with van der Waals surface area (Å²) in [5, 5.41) is 0. The van der Waals surface area contributed by atoms with E-state index in [9.17, 15) is 8.42 Å². The number of para-hydroxylation sites is 1. The van der Waals surface area contributed by atoms with Crippen molar-refractivity contribution in [2.45, 2.75) is 24.7 Å². The van der Waals surface area contributed by atoms with Crippen LogP contribution in [0.5, 0.6) is 0 Å². The smallest absolute Gasteiger partial charge is 0.283 e. The third-order valence-electron chi connectivity index (χ3n) is 3.71. The summed E-state index contributed by atoms with van der Waals surface area (Å²) in [4.78, 5) is 2.22. The van der Waals surface area contributed by atoms with Crippen LogP contribution in [-0.4, -0.2) is 20.8 Å². The van der Waals surface area contributed by atoms with E-state index >= 15 is 0 Å². The van der Waals surface area contributed by atoms with E-state index in [4.69, 9.17) is 0 Å². The first kappa shape index (κ1) is 14.8. The third kappa shape index (κ3) is 3.04. The average molecular weight is 314 g/mol. The maximum atomic E-state index is 12.5. The minimum atomic E-state index is -3.66. The van der Waals surface area contributed by atoms with Crippen LogP contribution < -0.4 is 4.90 Å². The van der Waals surface area contributed by atoms with E-state index in [0.717, 1.165) is 24.2 Å². The molecule has 1 saturated heterocycles. The molecule has 0 aromatic heterocycles. The van der Waals surface area contributed by atoms with Gasteiger partial charge in [-0.2, -0.15) is 8.42 Å². The Kier molecular flexibility index (Phi) is 3.98. The lowest BCUT2D eigenvalue weighted by atomic mass is 10.2. The Morgan fingerprint density at radius 2 is 1.68 bits per heavy atom. The molecule has 1 fully saturated rings. The highest BCUT2D eigenvalue weighted by molar-refractivity contribution is 7.90. The van der Waals surface area contributed by atoms with Crippen LogP contribution in [0.1, 0.15) is 18.4 Å². The number of nitrogens with zero attached hydrogens (tertiary/aromatic N) is 2. The minimum Gasteiger partial charge on any atom is -0.329 e. The van der Waals surface area contributed by atoms with Crippen molar-refractivity contribution in [2.24, 2.45) is 4.40 Å². The highest BCUT2D eigenvalue weighted by Crippen LogP contribution is 2.23. The molecule has 0 saturated carbocycles. The zero-order valence-corrected chi connectivity index (χ0v) is 13.3. The van der Waals surface area contributed by atoms with Crippen molar-refractivity contribution < 1.29 is 8.42 Å². The Morgan fingerprint density at radius 3 is 2.36 bits per heavy atom. The summed E-state index contributed by atoms with van der Waals surface area (Å²) in [6.45, 7) is 2.72. The fourth-order valence-corrected chi connectivity index (χ4v) is 3.59. The fraction of sp³-hybridized carbons (Fsp3) is 0.235. The molecule has 5 heteroatoms. The summed E-state index contributed by atoms with van der Waals surface area (Å²) in [5.41, 5.74) is 2.01. The maximum Gasteiger partial charge on any atom is 0.283 e. The van der Waals surface area contributed by atoms with E-state index in [1.807, 2.05) is 42.2 Å². The number of amidine groups is 1. The van der Waals surface area contributed by atoms with Gasteiger partial charge in [0.2, 0.25) is 0 Å². The van der Waals surface area contributed by atoms with Crippen LogP contribution in [0.3, 0.4) is 0 Å². The lowest BCUT2D eigenvalue weighted by Gasteiger charge is -2.18. The van der Waals surface area contributed by atoms with Gasteiger partial charge in [0.15, 0.2) is 0 Å². The van der Waals surface area contributed by atoms with Crippen molar-refractivity contribution in [2.75, 3.05) is 11.4 Å². The highest BCUT2D eigenvalue weighted by atomic mass is 32.2. The van der Waals surface area contributed by atoms with Gasteiger partial charge in [-0.3, -0.25) is 0 Å². The molecule has 2 aromatic carbocycles. The molecule has 2 aromatic rings. The molecule has 1 aliphatic rings. The number of anilines is 1. The van der Waals surface area contributed by atoms with Crippen molar-refractivity contribution >= 4 is 21.5 Å². The summed E-state index contributed by atoms with van der Waals surface area (Å²) in [5.74, 6) is 0.617. The lowest BCUT2D eigenvalue weighted by molar-refractivity contribution is 0.598. The zero-order chi connectivity index (χ0) is 15.6. The van der Waals surface area contributed by atoms with Gasteiger partial charge in [-0.25, -0.2) is 0 Å². The topological polar surface area (TPSA) is 49.7 Å². The van der Waals surface area contributed by atoms with E-state index in [0.29, 0.717) is 12.3 Å². The molecule has 1 heterocycles. The molecule has 22 heavy (non-hydrogen) atoms. The van der Waals surface area contributed by atoms with Crippen molar-refractivity contribution in [1.82, 2.24) is 0 Å². The monoisotopic (exact) mass is 314 g/mol. The Morgan fingerprint density at radius 1 is 1.00 bits per heavy atom. The second-order valence-electron chi connectivity index (χ2n) is 5.39. The first-order valence-electron chi connectivity index (χ1n) is 7.29. The van der Waals surface area contributed by atoms with Crippen molar-refractivity contribution in [3.05, 3.63) is 60.2 Å². The molecule has 0 unspecified atom stereocenters.